The third kappa shape index (κ3) is 2.92. The second-order valence-electron chi connectivity index (χ2n) is 4.29. The Hall–Kier alpha value is -1.15. The van der Waals surface area contributed by atoms with E-state index in [4.69, 9.17) is 0 Å². The van der Waals surface area contributed by atoms with E-state index in [9.17, 15) is 4.79 Å². The average Bonchev–Trinajstić information content (AvgIpc) is 2.29. The molecule has 0 heterocycles. The average molecular weight is 219 g/mol. The normalized spacial score (nSPS) is 12.8. The van der Waals surface area contributed by atoms with Gasteiger partial charge in [0, 0.05) is 18.0 Å². The fourth-order valence-electron chi connectivity index (χ4n) is 1.99. The van der Waals surface area contributed by atoms with Crippen LogP contribution in [-0.2, 0) is 0 Å². The molecule has 88 valence electrons. The number of nitrogens with zero attached hydrogens (tertiary/aromatic N) is 1. The Bertz CT molecular complexity index is 340. The summed E-state index contributed by atoms with van der Waals surface area (Å²) in [6.45, 7) is 4.07. The fraction of sp³-hybridized carbons (Fsp3) is 0.500. The lowest BCUT2D eigenvalue weighted by molar-refractivity contribution is 0.0988. The molecule has 0 saturated carbocycles. The molecule has 1 aromatic carbocycles. The van der Waals surface area contributed by atoms with Gasteiger partial charge in [0.25, 0.3) is 0 Å². The standard InChI is InChI=1S/C14H21NO/c1-5-13(15(3)4)11-7-9-12(10-8-11)14(16)6-2/h7-10,13H,5-6H2,1-4H3. The monoisotopic (exact) mass is 219 g/mol. The molecular weight excluding hydrogens is 198 g/mol. The lowest BCUT2D eigenvalue weighted by Crippen LogP contribution is -2.19. The van der Waals surface area contributed by atoms with Crippen LogP contribution in [0.3, 0.4) is 0 Å². The molecule has 0 spiro atoms. The van der Waals surface area contributed by atoms with Crippen molar-refractivity contribution in [3.8, 4) is 0 Å². The smallest absolute Gasteiger partial charge is 0.162 e. The van der Waals surface area contributed by atoms with Crippen LogP contribution in [0.15, 0.2) is 24.3 Å². The molecule has 0 aromatic heterocycles. The van der Waals surface area contributed by atoms with Crippen molar-refractivity contribution in [2.75, 3.05) is 14.1 Å². The van der Waals surface area contributed by atoms with Crippen LogP contribution < -0.4 is 0 Å². The number of ketones is 1. The van der Waals surface area contributed by atoms with Gasteiger partial charge in [0.15, 0.2) is 5.78 Å². The summed E-state index contributed by atoms with van der Waals surface area (Å²) in [7, 11) is 4.17. The minimum absolute atomic E-state index is 0.212. The number of benzene rings is 1. The summed E-state index contributed by atoms with van der Waals surface area (Å²) in [4.78, 5) is 13.7. The van der Waals surface area contributed by atoms with Gasteiger partial charge in [0.05, 0.1) is 0 Å². The topological polar surface area (TPSA) is 20.3 Å². The zero-order chi connectivity index (χ0) is 12.1. The summed E-state index contributed by atoms with van der Waals surface area (Å²) in [6.07, 6.45) is 1.65. The van der Waals surface area contributed by atoms with Gasteiger partial charge in [-0.15, -0.1) is 0 Å². The number of Topliss-reactive ketones (excluding diaryl/α,β-unsaturated/α-hetero) is 1. The quantitative estimate of drug-likeness (QED) is 0.708. The lowest BCUT2D eigenvalue weighted by Gasteiger charge is -2.23. The van der Waals surface area contributed by atoms with Gasteiger partial charge in [-0.3, -0.25) is 4.79 Å². The van der Waals surface area contributed by atoms with E-state index in [0.29, 0.717) is 12.5 Å². The summed E-state index contributed by atoms with van der Waals surface area (Å²) in [6, 6.07) is 8.44. The van der Waals surface area contributed by atoms with E-state index in [1.54, 1.807) is 0 Å². The summed E-state index contributed by atoms with van der Waals surface area (Å²) >= 11 is 0. The van der Waals surface area contributed by atoms with Gasteiger partial charge in [-0.05, 0) is 26.1 Å². The molecule has 16 heavy (non-hydrogen) atoms. The third-order valence-corrected chi connectivity index (χ3v) is 2.95. The minimum Gasteiger partial charge on any atom is -0.302 e. The Morgan fingerprint density at radius 1 is 1.19 bits per heavy atom. The molecule has 0 aliphatic carbocycles. The van der Waals surface area contributed by atoms with Gasteiger partial charge in [-0.2, -0.15) is 0 Å². The zero-order valence-corrected chi connectivity index (χ0v) is 10.7. The number of hydrogen-bond acceptors (Lipinski definition) is 2. The largest absolute Gasteiger partial charge is 0.302 e. The fourth-order valence-corrected chi connectivity index (χ4v) is 1.99. The highest BCUT2D eigenvalue weighted by atomic mass is 16.1. The van der Waals surface area contributed by atoms with Crippen LogP contribution in [0.2, 0.25) is 0 Å². The number of hydrogen-bond donors (Lipinski definition) is 0. The zero-order valence-electron chi connectivity index (χ0n) is 10.7. The van der Waals surface area contributed by atoms with E-state index in [0.717, 1.165) is 12.0 Å². The van der Waals surface area contributed by atoms with Crippen molar-refractivity contribution in [2.45, 2.75) is 32.7 Å². The van der Waals surface area contributed by atoms with Crippen LogP contribution in [-0.4, -0.2) is 24.8 Å². The highest BCUT2D eigenvalue weighted by Crippen LogP contribution is 2.22. The molecule has 1 unspecified atom stereocenters. The summed E-state index contributed by atoms with van der Waals surface area (Å²) in [5, 5.41) is 0. The molecule has 0 saturated heterocycles. The van der Waals surface area contributed by atoms with E-state index in [1.165, 1.54) is 5.56 Å². The molecule has 0 bridgehead atoms. The van der Waals surface area contributed by atoms with Gasteiger partial charge in [-0.25, -0.2) is 0 Å². The Labute approximate surface area is 98.3 Å². The maximum Gasteiger partial charge on any atom is 0.162 e. The molecule has 1 atom stereocenters. The van der Waals surface area contributed by atoms with Gasteiger partial charge in [0.2, 0.25) is 0 Å². The molecule has 1 rings (SSSR count). The molecule has 0 amide bonds. The number of carbonyl (C=O) groups is 1. The number of rotatable bonds is 5. The van der Waals surface area contributed by atoms with Crippen molar-refractivity contribution >= 4 is 5.78 Å². The van der Waals surface area contributed by atoms with Gasteiger partial charge in [-0.1, -0.05) is 38.1 Å². The second kappa shape index (κ2) is 5.80. The van der Waals surface area contributed by atoms with Crippen LogP contribution in [0.25, 0.3) is 0 Å². The van der Waals surface area contributed by atoms with Gasteiger partial charge >= 0.3 is 0 Å². The van der Waals surface area contributed by atoms with E-state index < -0.39 is 0 Å². The van der Waals surface area contributed by atoms with Crippen molar-refractivity contribution < 1.29 is 4.79 Å². The van der Waals surface area contributed by atoms with Crippen molar-refractivity contribution in [1.82, 2.24) is 4.90 Å². The Balaban J connectivity index is 2.89. The summed E-state index contributed by atoms with van der Waals surface area (Å²) in [5.74, 6) is 0.212. The van der Waals surface area contributed by atoms with E-state index >= 15 is 0 Å². The molecule has 1 aromatic rings. The van der Waals surface area contributed by atoms with Crippen LogP contribution in [0, 0.1) is 0 Å². The molecule has 0 aliphatic rings. The molecule has 0 radical (unpaired) electrons. The van der Waals surface area contributed by atoms with Gasteiger partial charge < -0.3 is 4.90 Å². The molecule has 0 aliphatic heterocycles. The van der Waals surface area contributed by atoms with Crippen LogP contribution >= 0.6 is 0 Å². The van der Waals surface area contributed by atoms with Crippen molar-refractivity contribution in [2.24, 2.45) is 0 Å². The highest BCUT2D eigenvalue weighted by molar-refractivity contribution is 5.95. The lowest BCUT2D eigenvalue weighted by atomic mass is 10.00. The summed E-state index contributed by atoms with van der Waals surface area (Å²) in [5.41, 5.74) is 2.10. The predicted molar refractivity (Wildman–Crippen MR) is 67.8 cm³/mol. The van der Waals surface area contributed by atoms with Crippen molar-refractivity contribution in [3.63, 3.8) is 0 Å². The van der Waals surface area contributed by atoms with E-state index in [2.05, 4.69) is 38.1 Å². The summed E-state index contributed by atoms with van der Waals surface area (Å²) < 4.78 is 0. The third-order valence-electron chi connectivity index (χ3n) is 2.95. The maximum atomic E-state index is 11.5. The minimum atomic E-state index is 0.212. The van der Waals surface area contributed by atoms with Gasteiger partial charge in [0.1, 0.15) is 0 Å². The molecular formula is C14H21NO. The SMILES string of the molecule is CCC(=O)c1ccc(C(CC)N(C)C)cc1. The predicted octanol–water partition coefficient (Wildman–Crippen LogP) is 3.29. The maximum absolute atomic E-state index is 11.5. The Morgan fingerprint density at radius 3 is 2.12 bits per heavy atom. The molecule has 0 fully saturated rings. The first-order chi connectivity index (χ1) is 7.60. The van der Waals surface area contributed by atoms with E-state index in [-0.39, 0.29) is 5.78 Å². The molecule has 2 heteroatoms. The Kier molecular flexibility index (Phi) is 4.69. The van der Waals surface area contributed by atoms with Crippen LogP contribution in [0.1, 0.15) is 48.7 Å². The van der Waals surface area contributed by atoms with E-state index in [1.807, 2.05) is 19.1 Å². The highest BCUT2D eigenvalue weighted by Gasteiger charge is 2.11. The Morgan fingerprint density at radius 2 is 1.75 bits per heavy atom. The number of carbonyl (C=O) groups excluding carboxylic acids is 1. The van der Waals surface area contributed by atoms with Crippen molar-refractivity contribution in [1.29, 1.82) is 0 Å². The first-order valence-electron chi connectivity index (χ1n) is 5.89. The molecule has 0 N–H and O–H groups in total. The van der Waals surface area contributed by atoms with Crippen molar-refractivity contribution in [3.05, 3.63) is 35.4 Å². The second-order valence-corrected chi connectivity index (χ2v) is 4.29. The van der Waals surface area contributed by atoms with Crippen LogP contribution in [0.5, 0.6) is 0 Å². The first-order valence-corrected chi connectivity index (χ1v) is 5.89. The first kappa shape index (κ1) is 12.9. The molecule has 2 nitrogen and oxygen atoms in total. The van der Waals surface area contributed by atoms with Crippen LogP contribution in [0.4, 0.5) is 0 Å².